The van der Waals surface area contributed by atoms with Crippen LogP contribution in [0, 0.1) is 11.3 Å². The predicted octanol–water partition coefficient (Wildman–Crippen LogP) is 2.84. The number of carbonyl (C=O) groups is 3. The van der Waals surface area contributed by atoms with E-state index in [-0.39, 0.29) is 18.4 Å². The number of aldehydes is 1. The van der Waals surface area contributed by atoms with Gasteiger partial charge in [-0.3, -0.25) is 4.79 Å². The molecule has 1 saturated heterocycles. The Morgan fingerprint density at radius 2 is 2.09 bits per heavy atom. The lowest BCUT2D eigenvalue weighted by Gasteiger charge is -2.27. The highest BCUT2D eigenvalue weighted by Gasteiger charge is 2.48. The molecule has 23 heavy (non-hydrogen) atoms. The maximum absolute atomic E-state index is 12.1. The van der Waals surface area contributed by atoms with Gasteiger partial charge in [-0.1, -0.05) is 13.8 Å². The average Bonchev–Trinajstić information content (AvgIpc) is 2.62. The number of cyclic esters (lactones) is 1. The number of rotatable bonds is 6. The molecule has 0 saturated carbocycles. The molecule has 1 heterocycles. The van der Waals surface area contributed by atoms with Crippen molar-refractivity contribution in [3.63, 3.8) is 0 Å². The Hall–Kier alpha value is -1.59. The van der Waals surface area contributed by atoms with Gasteiger partial charge in [-0.15, -0.1) is 0 Å². The normalized spacial score (nSPS) is 25.9. The quantitative estimate of drug-likeness (QED) is 0.599. The van der Waals surface area contributed by atoms with Crippen LogP contribution in [-0.4, -0.2) is 36.1 Å². The lowest BCUT2D eigenvalue weighted by molar-refractivity contribution is -0.150. The highest BCUT2D eigenvalue weighted by Crippen LogP contribution is 2.38. The molecule has 1 rings (SSSR count). The van der Waals surface area contributed by atoms with E-state index in [4.69, 9.17) is 9.47 Å². The molecule has 0 aromatic rings. The first-order valence-electron chi connectivity index (χ1n) is 8.11. The van der Waals surface area contributed by atoms with Gasteiger partial charge in [0.2, 0.25) is 0 Å². The monoisotopic (exact) mass is 327 g/mol. The standard InChI is InChI=1S/C17H29NO5/c1-11(2)9-12(18-15(21)23-16(3,4)5)13-10-17(6,7-8-19)14(20)22-13/h8,11-13H,7,9-10H2,1-6H3,(H,18,21)/t12-,13-,17-/m0/s1. The Balaban J connectivity index is 2.81. The van der Waals surface area contributed by atoms with Gasteiger partial charge < -0.3 is 19.6 Å². The first-order chi connectivity index (χ1) is 10.5. The van der Waals surface area contributed by atoms with Gasteiger partial charge in [-0.05, 0) is 40.0 Å². The summed E-state index contributed by atoms with van der Waals surface area (Å²) in [6.45, 7) is 11.2. The Morgan fingerprint density at radius 3 is 2.57 bits per heavy atom. The van der Waals surface area contributed by atoms with Crippen LogP contribution in [0.4, 0.5) is 4.79 Å². The summed E-state index contributed by atoms with van der Waals surface area (Å²) in [5, 5.41) is 2.82. The minimum atomic E-state index is -0.808. The van der Waals surface area contributed by atoms with Crippen molar-refractivity contribution in [1.82, 2.24) is 5.32 Å². The second-order valence-corrected chi connectivity index (χ2v) is 7.96. The number of hydrogen-bond donors (Lipinski definition) is 1. The van der Waals surface area contributed by atoms with Gasteiger partial charge in [0.1, 0.15) is 18.0 Å². The minimum Gasteiger partial charge on any atom is -0.460 e. The van der Waals surface area contributed by atoms with Crippen LogP contribution in [0.1, 0.15) is 60.8 Å². The third-order valence-corrected chi connectivity index (χ3v) is 3.81. The molecule has 1 aliphatic heterocycles. The van der Waals surface area contributed by atoms with Crippen molar-refractivity contribution in [2.45, 2.75) is 78.6 Å². The fourth-order valence-electron chi connectivity index (χ4n) is 2.69. The molecule has 1 N–H and O–H groups in total. The first-order valence-corrected chi connectivity index (χ1v) is 8.11. The molecule has 0 bridgehead atoms. The van der Waals surface area contributed by atoms with E-state index in [0.29, 0.717) is 18.8 Å². The SMILES string of the molecule is CC(C)C[C@H](NC(=O)OC(C)(C)C)[C@@H]1C[C@](C)(CC=O)C(=O)O1. The van der Waals surface area contributed by atoms with Gasteiger partial charge in [-0.25, -0.2) is 4.79 Å². The number of esters is 1. The van der Waals surface area contributed by atoms with Crippen molar-refractivity contribution in [2.24, 2.45) is 11.3 Å². The summed E-state index contributed by atoms with van der Waals surface area (Å²) in [6, 6.07) is -0.331. The summed E-state index contributed by atoms with van der Waals surface area (Å²) in [7, 11) is 0. The van der Waals surface area contributed by atoms with E-state index in [2.05, 4.69) is 5.32 Å². The largest absolute Gasteiger partial charge is 0.460 e. The van der Waals surface area contributed by atoms with Crippen LogP contribution in [0.5, 0.6) is 0 Å². The van der Waals surface area contributed by atoms with Crippen LogP contribution >= 0.6 is 0 Å². The van der Waals surface area contributed by atoms with E-state index in [1.807, 2.05) is 13.8 Å². The van der Waals surface area contributed by atoms with Crippen molar-refractivity contribution in [3.8, 4) is 0 Å². The van der Waals surface area contributed by atoms with Gasteiger partial charge in [0.25, 0.3) is 0 Å². The number of nitrogens with one attached hydrogen (secondary N) is 1. The summed E-state index contributed by atoms with van der Waals surface area (Å²) in [4.78, 5) is 34.9. The van der Waals surface area contributed by atoms with Crippen molar-refractivity contribution >= 4 is 18.3 Å². The van der Waals surface area contributed by atoms with Crippen molar-refractivity contribution in [2.75, 3.05) is 0 Å². The smallest absolute Gasteiger partial charge is 0.408 e. The van der Waals surface area contributed by atoms with Gasteiger partial charge in [0, 0.05) is 12.8 Å². The molecular weight excluding hydrogens is 298 g/mol. The number of amides is 1. The second-order valence-electron chi connectivity index (χ2n) is 7.96. The summed E-state index contributed by atoms with van der Waals surface area (Å²) in [5.41, 5.74) is -1.40. The van der Waals surface area contributed by atoms with E-state index in [1.54, 1.807) is 27.7 Å². The zero-order valence-corrected chi connectivity index (χ0v) is 15.0. The second kappa shape index (κ2) is 7.32. The van der Waals surface area contributed by atoms with Gasteiger partial charge in [-0.2, -0.15) is 0 Å². The van der Waals surface area contributed by atoms with Crippen molar-refractivity contribution in [1.29, 1.82) is 0 Å². The third kappa shape index (κ3) is 5.84. The molecular formula is C17H29NO5. The molecule has 0 aromatic carbocycles. The van der Waals surface area contributed by atoms with Crippen molar-refractivity contribution in [3.05, 3.63) is 0 Å². The predicted molar refractivity (Wildman–Crippen MR) is 85.9 cm³/mol. The number of hydrogen-bond acceptors (Lipinski definition) is 5. The van der Waals surface area contributed by atoms with E-state index < -0.39 is 23.2 Å². The molecule has 3 atom stereocenters. The Labute approximate surface area is 138 Å². The third-order valence-electron chi connectivity index (χ3n) is 3.81. The van der Waals surface area contributed by atoms with Gasteiger partial charge in [0.05, 0.1) is 11.5 Å². The Bertz CT molecular complexity index is 454. The maximum Gasteiger partial charge on any atom is 0.408 e. The molecule has 0 radical (unpaired) electrons. The van der Waals surface area contributed by atoms with E-state index >= 15 is 0 Å². The van der Waals surface area contributed by atoms with Crippen LogP contribution in [-0.2, 0) is 19.1 Å². The average molecular weight is 327 g/mol. The summed E-state index contributed by atoms with van der Waals surface area (Å²) in [6.07, 6.45) is 0.975. The van der Waals surface area contributed by atoms with E-state index in [1.165, 1.54) is 0 Å². The number of carbonyl (C=O) groups excluding carboxylic acids is 3. The summed E-state index contributed by atoms with van der Waals surface area (Å²) in [5.74, 6) is -0.0686. The fraction of sp³-hybridized carbons (Fsp3) is 0.824. The zero-order chi connectivity index (χ0) is 17.8. The van der Waals surface area contributed by atoms with Crippen LogP contribution in [0.25, 0.3) is 0 Å². The highest BCUT2D eigenvalue weighted by molar-refractivity contribution is 5.81. The topological polar surface area (TPSA) is 81.7 Å². The van der Waals surface area contributed by atoms with Gasteiger partial charge in [0.15, 0.2) is 0 Å². The number of alkyl carbamates (subject to hydrolysis) is 1. The molecule has 0 aliphatic carbocycles. The molecule has 132 valence electrons. The molecule has 6 nitrogen and oxygen atoms in total. The lowest BCUT2D eigenvalue weighted by atomic mass is 9.82. The van der Waals surface area contributed by atoms with Crippen LogP contribution < -0.4 is 5.32 Å². The van der Waals surface area contributed by atoms with E-state index in [0.717, 1.165) is 6.29 Å². The summed E-state index contributed by atoms with van der Waals surface area (Å²) < 4.78 is 10.7. The molecule has 0 unspecified atom stereocenters. The molecule has 1 fully saturated rings. The first kappa shape index (κ1) is 19.5. The minimum absolute atomic E-state index is 0.128. The molecule has 6 heteroatoms. The summed E-state index contributed by atoms with van der Waals surface area (Å²) >= 11 is 0. The Kier molecular flexibility index (Phi) is 6.19. The van der Waals surface area contributed by atoms with Crippen molar-refractivity contribution < 1.29 is 23.9 Å². The fourth-order valence-corrected chi connectivity index (χ4v) is 2.69. The van der Waals surface area contributed by atoms with Crippen LogP contribution in [0.2, 0.25) is 0 Å². The molecule has 1 aliphatic rings. The van der Waals surface area contributed by atoms with E-state index in [9.17, 15) is 14.4 Å². The maximum atomic E-state index is 12.1. The lowest BCUT2D eigenvalue weighted by Crippen LogP contribution is -2.46. The van der Waals surface area contributed by atoms with Crippen LogP contribution in [0.15, 0.2) is 0 Å². The van der Waals surface area contributed by atoms with Gasteiger partial charge >= 0.3 is 12.1 Å². The molecule has 1 amide bonds. The molecule has 0 spiro atoms. The zero-order valence-electron chi connectivity index (χ0n) is 15.0. The Morgan fingerprint density at radius 1 is 1.48 bits per heavy atom. The molecule has 0 aromatic heterocycles. The number of ether oxygens (including phenoxy) is 2. The van der Waals surface area contributed by atoms with Crippen LogP contribution in [0.3, 0.4) is 0 Å². The highest BCUT2D eigenvalue weighted by atomic mass is 16.6.